The van der Waals surface area contributed by atoms with Gasteiger partial charge in [0.15, 0.2) is 23.2 Å². The van der Waals surface area contributed by atoms with E-state index in [1.54, 1.807) is 0 Å². The number of amides is 2. The molecule has 4 rings (SSSR count). The summed E-state index contributed by atoms with van der Waals surface area (Å²) >= 11 is 2.96. The summed E-state index contributed by atoms with van der Waals surface area (Å²) in [5.41, 5.74) is 2.10. The lowest BCUT2D eigenvalue weighted by molar-refractivity contribution is -0.138. The van der Waals surface area contributed by atoms with Crippen molar-refractivity contribution in [3.05, 3.63) is 79.3 Å². The van der Waals surface area contributed by atoms with Gasteiger partial charge in [-0.3, -0.25) is 24.3 Å². The summed E-state index contributed by atoms with van der Waals surface area (Å²) in [5, 5.41) is 1.94. The van der Waals surface area contributed by atoms with E-state index in [1.807, 2.05) is 5.32 Å². The van der Waals surface area contributed by atoms with Crippen LogP contribution in [0.1, 0.15) is 26.3 Å². The van der Waals surface area contributed by atoms with Crippen LogP contribution in [0.4, 0.5) is 32.2 Å². The number of carbonyl (C=O) groups is 2. The molecule has 1 aliphatic heterocycles. The number of hydrogen-bond donors (Lipinski definition) is 2. The number of hydrogen-bond acceptors (Lipinski definition) is 5. The quantitative estimate of drug-likeness (QED) is 0.376. The van der Waals surface area contributed by atoms with Gasteiger partial charge in [0.05, 0.1) is 26.9 Å². The average molecular weight is 548 g/mol. The molecule has 0 saturated heterocycles. The molecule has 14 heteroatoms. The highest BCUT2D eigenvalue weighted by Crippen LogP contribution is 2.39. The van der Waals surface area contributed by atoms with Gasteiger partial charge in [-0.15, -0.1) is 0 Å². The van der Waals surface area contributed by atoms with E-state index in [1.165, 1.54) is 0 Å². The SMILES string of the molecule is Nc1c2c(cc(=O)n1-c1cc(Br)c(Oc3c(F)cc(C(F)(F)F)cc3F)cc1F)C(=O)NC2=O. The maximum Gasteiger partial charge on any atom is 0.416 e. The summed E-state index contributed by atoms with van der Waals surface area (Å²) in [4.78, 5) is 36.2. The van der Waals surface area contributed by atoms with Gasteiger partial charge in [0.1, 0.15) is 11.6 Å². The molecule has 2 amide bonds. The predicted molar refractivity (Wildman–Crippen MR) is 107 cm³/mol. The standard InChI is InChI=1S/C20H8BrF6N3O4/c21-8-4-12(30-14(31)3-7-15(17(30)28)19(33)29-18(7)32)9(22)5-13(8)34-16-10(23)1-6(2-11(16)24)20(25,26)27/h1-5H,28H2,(H,29,32,33). The van der Waals surface area contributed by atoms with Crippen LogP contribution in [-0.2, 0) is 6.18 Å². The number of anilines is 1. The Hall–Kier alpha value is -3.81. The molecule has 176 valence electrons. The number of imide groups is 1. The third-order valence-corrected chi connectivity index (χ3v) is 5.35. The first-order chi connectivity index (χ1) is 15.8. The molecule has 0 aliphatic carbocycles. The van der Waals surface area contributed by atoms with Crippen LogP contribution in [0, 0.1) is 17.5 Å². The van der Waals surface area contributed by atoms with E-state index in [0.717, 1.165) is 12.1 Å². The lowest BCUT2D eigenvalue weighted by Gasteiger charge is -2.16. The van der Waals surface area contributed by atoms with Crippen LogP contribution in [0.5, 0.6) is 11.5 Å². The number of halogens is 7. The van der Waals surface area contributed by atoms with Crippen LogP contribution in [0.25, 0.3) is 5.69 Å². The smallest absolute Gasteiger partial charge is 0.416 e. The molecule has 2 aromatic carbocycles. The largest absolute Gasteiger partial charge is 0.450 e. The molecule has 0 spiro atoms. The molecule has 0 unspecified atom stereocenters. The summed E-state index contributed by atoms with van der Waals surface area (Å²) in [7, 11) is 0. The van der Waals surface area contributed by atoms with E-state index in [4.69, 9.17) is 10.5 Å². The number of ether oxygens (including phenoxy) is 1. The number of nitrogens with one attached hydrogen (secondary N) is 1. The summed E-state index contributed by atoms with van der Waals surface area (Å²) < 4.78 is 86.6. The van der Waals surface area contributed by atoms with E-state index in [0.29, 0.717) is 10.6 Å². The maximum absolute atomic E-state index is 14.9. The Morgan fingerprint density at radius 2 is 1.53 bits per heavy atom. The monoisotopic (exact) mass is 547 g/mol. The van der Waals surface area contributed by atoms with Crippen LogP contribution in [0.3, 0.4) is 0 Å². The van der Waals surface area contributed by atoms with Crippen LogP contribution in [-0.4, -0.2) is 16.4 Å². The Bertz CT molecular complexity index is 1450. The second-order valence-electron chi connectivity index (χ2n) is 6.88. The molecule has 0 saturated carbocycles. The fourth-order valence-electron chi connectivity index (χ4n) is 3.23. The number of alkyl halides is 3. The Morgan fingerprint density at radius 3 is 2.12 bits per heavy atom. The summed E-state index contributed by atoms with van der Waals surface area (Å²) in [6, 6.07) is 2.29. The molecular weight excluding hydrogens is 540 g/mol. The molecule has 0 atom stereocenters. The zero-order chi connectivity index (χ0) is 25.1. The number of nitrogens with two attached hydrogens (primary N) is 1. The van der Waals surface area contributed by atoms with Crippen LogP contribution >= 0.6 is 15.9 Å². The number of fused-ring (bicyclic) bond motifs is 1. The number of aromatic nitrogens is 1. The number of nitrogen functional groups attached to an aromatic ring is 1. The number of benzene rings is 2. The molecule has 1 aliphatic rings. The predicted octanol–water partition coefficient (Wildman–Crippen LogP) is 4.29. The van der Waals surface area contributed by atoms with Crippen molar-refractivity contribution < 1.29 is 40.7 Å². The van der Waals surface area contributed by atoms with E-state index in [9.17, 15) is 40.7 Å². The van der Waals surface area contributed by atoms with Gasteiger partial charge in [0, 0.05) is 12.1 Å². The van der Waals surface area contributed by atoms with E-state index < -0.39 is 69.6 Å². The van der Waals surface area contributed by atoms with Gasteiger partial charge in [-0.2, -0.15) is 13.2 Å². The van der Waals surface area contributed by atoms with Crippen LogP contribution < -0.4 is 21.3 Å². The molecule has 0 bridgehead atoms. The second-order valence-corrected chi connectivity index (χ2v) is 7.73. The topological polar surface area (TPSA) is 103 Å². The Morgan fingerprint density at radius 1 is 0.912 bits per heavy atom. The minimum atomic E-state index is -5.01. The molecule has 1 aromatic heterocycles. The van der Waals surface area contributed by atoms with E-state index in [2.05, 4.69) is 15.9 Å². The Kier molecular flexibility index (Phi) is 5.43. The van der Waals surface area contributed by atoms with E-state index in [-0.39, 0.29) is 27.7 Å². The molecule has 3 N–H and O–H groups in total. The fourth-order valence-corrected chi connectivity index (χ4v) is 3.64. The summed E-state index contributed by atoms with van der Waals surface area (Å²) in [6.07, 6.45) is -5.01. The average Bonchev–Trinajstić information content (AvgIpc) is 3.00. The van der Waals surface area contributed by atoms with Gasteiger partial charge >= 0.3 is 6.18 Å². The van der Waals surface area contributed by atoms with Crippen molar-refractivity contribution in [3.8, 4) is 17.2 Å². The summed E-state index contributed by atoms with van der Waals surface area (Å²) in [5.74, 6) is -8.71. The number of nitrogens with zero attached hydrogens (tertiary/aromatic N) is 1. The molecule has 2 heterocycles. The molecular formula is C20H8BrF6N3O4. The van der Waals surface area contributed by atoms with Gasteiger partial charge in [0.2, 0.25) is 0 Å². The van der Waals surface area contributed by atoms with Crippen molar-refractivity contribution in [2.75, 3.05) is 5.73 Å². The Balaban J connectivity index is 1.79. The van der Waals surface area contributed by atoms with Crippen molar-refractivity contribution in [2.45, 2.75) is 6.18 Å². The highest BCUT2D eigenvalue weighted by Gasteiger charge is 2.34. The second kappa shape index (κ2) is 7.90. The first-order valence-electron chi connectivity index (χ1n) is 8.94. The number of rotatable bonds is 3. The minimum absolute atomic E-state index is 0.00812. The molecule has 7 nitrogen and oxygen atoms in total. The van der Waals surface area contributed by atoms with Gasteiger partial charge < -0.3 is 10.5 Å². The van der Waals surface area contributed by atoms with Crippen molar-refractivity contribution in [3.63, 3.8) is 0 Å². The zero-order valence-corrected chi connectivity index (χ0v) is 17.8. The lowest BCUT2D eigenvalue weighted by atomic mass is 10.1. The van der Waals surface area contributed by atoms with Gasteiger partial charge in [-0.25, -0.2) is 13.2 Å². The normalized spacial score (nSPS) is 13.1. The molecule has 3 aromatic rings. The highest BCUT2D eigenvalue weighted by atomic mass is 79.9. The highest BCUT2D eigenvalue weighted by molar-refractivity contribution is 9.10. The minimum Gasteiger partial charge on any atom is -0.450 e. The van der Waals surface area contributed by atoms with Crippen molar-refractivity contribution in [1.29, 1.82) is 0 Å². The van der Waals surface area contributed by atoms with Crippen LogP contribution in [0.15, 0.2) is 39.6 Å². The number of pyridine rings is 1. The van der Waals surface area contributed by atoms with Crippen molar-refractivity contribution in [1.82, 2.24) is 9.88 Å². The van der Waals surface area contributed by atoms with Gasteiger partial charge in [-0.05, 0) is 34.1 Å². The third kappa shape index (κ3) is 3.79. The maximum atomic E-state index is 14.9. The van der Waals surface area contributed by atoms with Gasteiger partial charge in [-0.1, -0.05) is 0 Å². The van der Waals surface area contributed by atoms with Crippen molar-refractivity contribution >= 4 is 33.6 Å². The van der Waals surface area contributed by atoms with Gasteiger partial charge in [0.25, 0.3) is 17.4 Å². The summed E-state index contributed by atoms with van der Waals surface area (Å²) in [6.45, 7) is 0. The first-order valence-corrected chi connectivity index (χ1v) is 9.73. The van der Waals surface area contributed by atoms with Crippen molar-refractivity contribution in [2.24, 2.45) is 0 Å². The van der Waals surface area contributed by atoms with E-state index >= 15 is 0 Å². The zero-order valence-electron chi connectivity index (χ0n) is 16.2. The lowest BCUT2D eigenvalue weighted by Crippen LogP contribution is -2.24. The molecule has 0 radical (unpaired) electrons. The molecule has 0 fully saturated rings. The first kappa shape index (κ1) is 23.4. The Labute approximate surface area is 192 Å². The van der Waals surface area contributed by atoms with Crippen LogP contribution in [0.2, 0.25) is 0 Å². The molecule has 34 heavy (non-hydrogen) atoms. The number of carbonyl (C=O) groups excluding carboxylic acids is 2. The fraction of sp³-hybridized carbons (Fsp3) is 0.0500. The third-order valence-electron chi connectivity index (χ3n) is 4.73.